The minimum absolute atomic E-state index is 0.104. The number of benzene rings is 2. The molecule has 8 nitrogen and oxygen atoms in total. The number of nitro groups is 2. The van der Waals surface area contributed by atoms with Crippen LogP contribution in [0, 0.1) is 20.2 Å². The number of hydrogen-bond donors (Lipinski definition) is 0. The Hall–Kier alpha value is -3.00. The highest BCUT2D eigenvalue weighted by atomic mass is 16.6. The van der Waals surface area contributed by atoms with Crippen molar-refractivity contribution in [2.24, 2.45) is 0 Å². The lowest BCUT2D eigenvalue weighted by atomic mass is 10.1. The standard InChI is InChI=1S/C18H20N4O4/c23-21(24)16-7-5-15(6-8-16)9-10-19-11-13-20(14-12-19)17-3-1-2-4-18(17)22(25)26/h1-8H,9-14H2. The number of anilines is 1. The minimum Gasteiger partial charge on any atom is -0.363 e. The molecule has 26 heavy (non-hydrogen) atoms. The van der Waals surface area contributed by atoms with Crippen molar-refractivity contribution >= 4 is 17.1 Å². The Bertz CT molecular complexity index is 786. The molecule has 1 aliphatic heterocycles. The lowest BCUT2D eigenvalue weighted by molar-refractivity contribution is -0.384. The quantitative estimate of drug-likeness (QED) is 0.584. The van der Waals surface area contributed by atoms with Crippen LogP contribution in [-0.4, -0.2) is 47.5 Å². The van der Waals surface area contributed by atoms with Gasteiger partial charge in [0.15, 0.2) is 0 Å². The maximum absolute atomic E-state index is 11.2. The van der Waals surface area contributed by atoms with Crippen LogP contribution >= 0.6 is 0 Å². The van der Waals surface area contributed by atoms with Crippen LogP contribution in [0.3, 0.4) is 0 Å². The first-order valence-electron chi connectivity index (χ1n) is 8.48. The Morgan fingerprint density at radius 2 is 1.50 bits per heavy atom. The second-order valence-electron chi connectivity index (χ2n) is 6.25. The number of nitrogens with zero attached hydrogens (tertiary/aromatic N) is 4. The fourth-order valence-corrected chi connectivity index (χ4v) is 3.17. The van der Waals surface area contributed by atoms with E-state index in [0.29, 0.717) is 5.69 Å². The van der Waals surface area contributed by atoms with E-state index in [4.69, 9.17) is 0 Å². The van der Waals surface area contributed by atoms with Crippen molar-refractivity contribution in [2.45, 2.75) is 6.42 Å². The summed E-state index contributed by atoms with van der Waals surface area (Å²) in [5.74, 6) is 0. The van der Waals surface area contributed by atoms with Crippen molar-refractivity contribution in [3.63, 3.8) is 0 Å². The molecule has 2 aromatic rings. The van der Waals surface area contributed by atoms with E-state index >= 15 is 0 Å². The van der Waals surface area contributed by atoms with Gasteiger partial charge in [0.05, 0.1) is 9.85 Å². The average Bonchev–Trinajstić information content (AvgIpc) is 2.67. The topological polar surface area (TPSA) is 92.8 Å². The molecular weight excluding hydrogens is 336 g/mol. The predicted octanol–water partition coefficient (Wildman–Crippen LogP) is 2.87. The Morgan fingerprint density at radius 1 is 0.846 bits per heavy atom. The largest absolute Gasteiger partial charge is 0.363 e. The van der Waals surface area contributed by atoms with Crippen molar-refractivity contribution < 1.29 is 9.85 Å². The van der Waals surface area contributed by atoms with E-state index in [1.165, 1.54) is 18.2 Å². The molecule has 1 fully saturated rings. The number of hydrogen-bond acceptors (Lipinski definition) is 6. The highest BCUT2D eigenvalue weighted by Crippen LogP contribution is 2.28. The first-order valence-corrected chi connectivity index (χ1v) is 8.48. The Morgan fingerprint density at radius 3 is 2.12 bits per heavy atom. The molecule has 2 aromatic carbocycles. The summed E-state index contributed by atoms with van der Waals surface area (Å²) in [4.78, 5) is 25.5. The zero-order chi connectivity index (χ0) is 18.5. The predicted molar refractivity (Wildman–Crippen MR) is 98.5 cm³/mol. The first kappa shape index (κ1) is 17.8. The fourth-order valence-electron chi connectivity index (χ4n) is 3.17. The lowest BCUT2D eigenvalue weighted by Gasteiger charge is -2.35. The molecule has 0 N–H and O–H groups in total. The van der Waals surface area contributed by atoms with Crippen molar-refractivity contribution in [3.05, 3.63) is 74.3 Å². The third-order valence-corrected chi connectivity index (χ3v) is 4.66. The SMILES string of the molecule is O=[N+]([O-])c1ccc(CCN2CCN(c3ccccc3[N+](=O)[O-])CC2)cc1. The highest BCUT2D eigenvalue weighted by molar-refractivity contribution is 5.63. The van der Waals surface area contributed by atoms with Crippen LogP contribution in [-0.2, 0) is 6.42 Å². The van der Waals surface area contributed by atoms with Gasteiger partial charge in [0.25, 0.3) is 11.4 Å². The maximum Gasteiger partial charge on any atom is 0.292 e. The van der Waals surface area contributed by atoms with E-state index in [1.807, 2.05) is 6.07 Å². The minimum atomic E-state index is -0.397. The molecule has 0 bridgehead atoms. The van der Waals surface area contributed by atoms with Gasteiger partial charge in [0, 0.05) is 50.9 Å². The van der Waals surface area contributed by atoms with E-state index < -0.39 is 4.92 Å². The molecule has 0 aliphatic carbocycles. The summed E-state index contributed by atoms with van der Waals surface area (Å²) in [5.41, 5.74) is 1.99. The van der Waals surface area contributed by atoms with Gasteiger partial charge in [-0.3, -0.25) is 25.1 Å². The molecule has 0 amide bonds. The van der Waals surface area contributed by atoms with Crippen molar-refractivity contribution in [3.8, 4) is 0 Å². The normalized spacial score (nSPS) is 15.0. The van der Waals surface area contributed by atoms with E-state index in [9.17, 15) is 20.2 Å². The summed E-state index contributed by atoms with van der Waals surface area (Å²) in [5, 5.41) is 21.9. The third-order valence-electron chi connectivity index (χ3n) is 4.66. The lowest BCUT2D eigenvalue weighted by Crippen LogP contribution is -2.47. The summed E-state index contributed by atoms with van der Waals surface area (Å²) >= 11 is 0. The van der Waals surface area contributed by atoms with Gasteiger partial charge in [-0.25, -0.2) is 0 Å². The molecular formula is C18H20N4O4. The fraction of sp³-hybridized carbons (Fsp3) is 0.333. The first-order chi connectivity index (χ1) is 12.5. The summed E-state index contributed by atoms with van der Waals surface area (Å²) in [6.45, 7) is 4.01. The third kappa shape index (κ3) is 4.15. The molecule has 1 saturated heterocycles. The van der Waals surface area contributed by atoms with Gasteiger partial charge >= 0.3 is 0 Å². The van der Waals surface area contributed by atoms with Crippen molar-refractivity contribution in [2.75, 3.05) is 37.6 Å². The van der Waals surface area contributed by atoms with Gasteiger partial charge in [0.2, 0.25) is 0 Å². The van der Waals surface area contributed by atoms with Gasteiger partial charge in [-0.1, -0.05) is 24.3 Å². The van der Waals surface area contributed by atoms with Crippen LogP contribution in [0.4, 0.5) is 17.1 Å². The number of rotatable bonds is 6. The van der Waals surface area contributed by atoms with E-state index in [0.717, 1.165) is 44.7 Å². The monoisotopic (exact) mass is 356 g/mol. The van der Waals surface area contributed by atoms with Crippen LogP contribution in [0.25, 0.3) is 0 Å². The Labute approximate surface area is 150 Å². The second kappa shape index (κ2) is 7.92. The van der Waals surface area contributed by atoms with E-state index in [2.05, 4.69) is 9.80 Å². The molecule has 0 spiro atoms. The number of non-ortho nitro benzene ring substituents is 1. The molecule has 0 saturated carbocycles. The summed E-state index contributed by atoms with van der Waals surface area (Å²) in [6, 6.07) is 13.5. The molecule has 0 radical (unpaired) electrons. The van der Waals surface area contributed by atoms with E-state index in [1.54, 1.807) is 24.3 Å². The zero-order valence-electron chi connectivity index (χ0n) is 14.3. The van der Waals surface area contributed by atoms with Crippen molar-refractivity contribution in [1.82, 2.24) is 4.90 Å². The van der Waals surface area contributed by atoms with Crippen LogP contribution in [0.15, 0.2) is 48.5 Å². The zero-order valence-corrected chi connectivity index (χ0v) is 14.3. The molecule has 8 heteroatoms. The van der Waals surface area contributed by atoms with Crippen LogP contribution in [0.1, 0.15) is 5.56 Å². The van der Waals surface area contributed by atoms with Gasteiger partial charge in [0.1, 0.15) is 5.69 Å². The van der Waals surface area contributed by atoms with E-state index in [-0.39, 0.29) is 16.3 Å². The molecule has 0 aromatic heterocycles. The van der Waals surface area contributed by atoms with Gasteiger partial charge in [-0.2, -0.15) is 0 Å². The van der Waals surface area contributed by atoms with Crippen molar-refractivity contribution in [1.29, 1.82) is 0 Å². The summed E-state index contributed by atoms with van der Waals surface area (Å²) in [6.07, 6.45) is 0.823. The second-order valence-corrected chi connectivity index (χ2v) is 6.25. The Balaban J connectivity index is 1.53. The van der Waals surface area contributed by atoms with Crippen LogP contribution in [0.5, 0.6) is 0 Å². The summed E-state index contributed by atoms with van der Waals surface area (Å²) < 4.78 is 0. The molecule has 0 atom stereocenters. The molecule has 1 heterocycles. The van der Waals surface area contributed by atoms with Gasteiger partial charge in [-0.05, 0) is 18.1 Å². The average molecular weight is 356 g/mol. The summed E-state index contributed by atoms with van der Waals surface area (Å²) in [7, 11) is 0. The number of nitro benzene ring substituents is 2. The van der Waals surface area contributed by atoms with Crippen LogP contribution < -0.4 is 4.90 Å². The van der Waals surface area contributed by atoms with Gasteiger partial charge < -0.3 is 4.90 Å². The Kier molecular flexibility index (Phi) is 5.43. The smallest absolute Gasteiger partial charge is 0.292 e. The highest BCUT2D eigenvalue weighted by Gasteiger charge is 2.23. The molecule has 136 valence electrons. The van der Waals surface area contributed by atoms with Crippen LogP contribution in [0.2, 0.25) is 0 Å². The van der Waals surface area contributed by atoms with Gasteiger partial charge in [-0.15, -0.1) is 0 Å². The molecule has 3 rings (SSSR count). The molecule has 0 unspecified atom stereocenters. The number of para-hydroxylation sites is 2. The molecule has 1 aliphatic rings. The number of piperazine rings is 1. The maximum atomic E-state index is 11.2.